The molecule has 0 aromatic carbocycles. The second-order valence-electron chi connectivity index (χ2n) is 2.23. The Balaban J connectivity index is 0.00000121. The van der Waals surface area contributed by atoms with Gasteiger partial charge in [0, 0.05) is 25.4 Å². The average Bonchev–Trinajstić information content (AvgIpc) is 2.39. The van der Waals surface area contributed by atoms with E-state index in [0.29, 0.717) is 13.0 Å². The average molecular weight is 237 g/mol. The van der Waals surface area contributed by atoms with Gasteiger partial charge in [0.2, 0.25) is 0 Å². The van der Waals surface area contributed by atoms with Crippen LogP contribution in [0.4, 0.5) is 0 Å². The molecule has 5 heteroatoms. The van der Waals surface area contributed by atoms with Gasteiger partial charge >= 0.3 is 0 Å². The second kappa shape index (κ2) is 6.16. The fraction of sp³-hybridized carbons (Fsp3) is 0.571. The lowest BCUT2D eigenvalue weighted by molar-refractivity contribution is 0.268. The van der Waals surface area contributed by atoms with Crippen molar-refractivity contribution in [3.05, 3.63) is 18.2 Å². The first-order chi connectivity index (χ1) is 5.38. The monoisotopic (exact) mass is 236 g/mol. The first kappa shape index (κ1) is 11.6. The summed E-state index contributed by atoms with van der Waals surface area (Å²) in [5.41, 5.74) is 0. The van der Waals surface area contributed by atoms with Crippen LogP contribution in [-0.2, 0) is 13.0 Å². The number of imidazole rings is 1. The van der Waals surface area contributed by atoms with E-state index < -0.39 is 0 Å². The van der Waals surface area contributed by atoms with Crippen LogP contribution < -0.4 is 0 Å². The Bertz CT molecular complexity index is 194. The van der Waals surface area contributed by atoms with Gasteiger partial charge in [0.05, 0.1) is 13.2 Å². The molecule has 1 heterocycles. The maximum absolute atomic E-state index is 8.62. The summed E-state index contributed by atoms with van der Waals surface area (Å²) in [5.74, 6) is 0.821. The zero-order valence-electron chi connectivity index (χ0n) is 6.68. The van der Waals surface area contributed by atoms with Crippen LogP contribution in [0.5, 0.6) is 0 Å². The van der Waals surface area contributed by atoms with Crippen LogP contribution in [0.1, 0.15) is 5.82 Å². The third-order valence-corrected chi connectivity index (χ3v) is 1.48. The van der Waals surface area contributed by atoms with Crippen LogP contribution in [0, 0.1) is 0 Å². The molecule has 12 heavy (non-hydrogen) atoms. The maximum atomic E-state index is 8.62. The molecule has 0 unspecified atom stereocenters. The van der Waals surface area contributed by atoms with Gasteiger partial charge in [-0.25, -0.2) is 4.98 Å². The number of nitrogens with zero attached hydrogens (tertiary/aromatic N) is 2. The molecule has 0 radical (unpaired) electrons. The Kier molecular flexibility index (Phi) is 5.96. The van der Waals surface area contributed by atoms with Gasteiger partial charge in [-0.2, -0.15) is 0 Å². The smallest absolute Gasteiger partial charge is 0.111 e. The van der Waals surface area contributed by atoms with Crippen molar-refractivity contribution in [1.82, 2.24) is 9.55 Å². The molecule has 0 aliphatic heterocycles. The molecule has 0 amide bonds. The predicted octanol–water partition coefficient (Wildman–Crippen LogP) is -0.0119. The molecule has 0 spiro atoms. The molecule has 1 aromatic heterocycles. The molecule has 0 atom stereocenters. The van der Waals surface area contributed by atoms with E-state index >= 15 is 0 Å². The molecule has 2 N–H and O–H groups in total. The Labute approximate surface area is 81.6 Å². The predicted molar refractivity (Wildman–Crippen MR) is 50.4 cm³/mol. The Morgan fingerprint density at radius 3 is 2.67 bits per heavy atom. The summed E-state index contributed by atoms with van der Waals surface area (Å²) in [7, 11) is 0. The van der Waals surface area contributed by atoms with Gasteiger partial charge in [-0.1, -0.05) is 0 Å². The SMILES string of the molecule is Br.OCCc1nccn1CCO. The zero-order valence-corrected chi connectivity index (χ0v) is 8.39. The molecule has 0 bridgehead atoms. The van der Waals surface area contributed by atoms with Gasteiger partial charge in [-0.15, -0.1) is 17.0 Å². The molecule has 1 aromatic rings. The van der Waals surface area contributed by atoms with Crippen molar-refractivity contribution in [2.45, 2.75) is 13.0 Å². The lowest BCUT2D eigenvalue weighted by Gasteiger charge is -2.02. The van der Waals surface area contributed by atoms with E-state index in [9.17, 15) is 0 Å². The second-order valence-corrected chi connectivity index (χ2v) is 2.23. The normalized spacial score (nSPS) is 9.50. The van der Waals surface area contributed by atoms with Crippen LogP contribution in [-0.4, -0.2) is 33.0 Å². The minimum absolute atomic E-state index is 0. The number of aliphatic hydroxyl groups is 2. The number of hydrogen-bond donors (Lipinski definition) is 2. The zero-order chi connectivity index (χ0) is 8.10. The molecular weight excluding hydrogens is 224 g/mol. The van der Waals surface area contributed by atoms with E-state index in [1.165, 1.54) is 0 Å². The van der Waals surface area contributed by atoms with E-state index in [1.807, 2.05) is 4.57 Å². The van der Waals surface area contributed by atoms with Crippen molar-refractivity contribution in [1.29, 1.82) is 0 Å². The summed E-state index contributed by atoms with van der Waals surface area (Å²) in [6.45, 7) is 0.757. The van der Waals surface area contributed by atoms with E-state index in [1.54, 1.807) is 12.4 Å². The minimum Gasteiger partial charge on any atom is -0.396 e. The van der Waals surface area contributed by atoms with Gasteiger partial charge in [0.25, 0.3) is 0 Å². The number of aromatic nitrogens is 2. The molecule has 4 nitrogen and oxygen atoms in total. The van der Waals surface area contributed by atoms with E-state index in [-0.39, 0.29) is 30.2 Å². The fourth-order valence-electron chi connectivity index (χ4n) is 0.980. The first-order valence-corrected chi connectivity index (χ1v) is 3.60. The number of rotatable bonds is 4. The van der Waals surface area contributed by atoms with Gasteiger partial charge in [-0.3, -0.25) is 0 Å². The summed E-state index contributed by atoms with van der Waals surface area (Å²) in [6.07, 6.45) is 4.01. The molecule has 0 aliphatic carbocycles. The highest BCUT2D eigenvalue weighted by molar-refractivity contribution is 8.93. The topological polar surface area (TPSA) is 58.3 Å². The summed E-state index contributed by atoms with van der Waals surface area (Å²) in [5, 5.41) is 17.2. The third-order valence-electron chi connectivity index (χ3n) is 1.48. The number of halogens is 1. The van der Waals surface area contributed by atoms with E-state index in [0.717, 1.165) is 5.82 Å². The molecule has 70 valence electrons. The van der Waals surface area contributed by atoms with Crippen molar-refractivity contribution in [2.75, 3.05) is 13.2 Å². The van der Waals surface area contributed by atoms with Crippen LogP contribution in [0.2, 0.25) is 0 Å². The highest BCUT2D eigenvalue weighted by Gasteiger charge is 1.99. The van der Waals surface area contributed by atoms with Crippen molar-refractivity contribution in [3.8, 4) is 0 Å². The van der Waals surface area contributed by atoms with Gasteiger partial charge in [0.1, 0.15) is 5.82 Å². The summed E-state index contributed by atoms with van der Waals surface area (Å²) < 4.78 is 1.83. The lowest BCUT2D eigenvalue weighted by Crippen LogP contribution is -2.07. The standard InChI is InChI=1S/C7H12N2O2.BrH/c10-5-1-7-8-2-3-9(7)4-6-11;/h2-3,10-11H,1,4-6H2;1H. The van der Waals surface area contributed by atoms with Crippen LogP contribution in [0.25, 0.3) is 0 Å². The lowest BCUT2D eigenvalue weighted by atomic mass is 10.4. The van der Waals surface area contributed by atoms with Crippen molar-refractivity contribution in [3.63, 3.8) is 0 Å². The summed E-state index contributed by atoms with van der Waals surface area (Å²) in [6, 6.07) is 0. The van der Waals surface area contributed by atoms with Crippen molar-refractivity contribution >= 4 is 17.0 Å². The maximum Gasteiger partial charge on any atom is 0.111 e. The molecule has 0 saturated heterocycles. The molecule has 0 aliphatic rings. The Morgan fingerprint density at radius 1 is 1.33 bits per heavy atom. The summed E-state index contributed by atoms with van der Waals surface area (Å²) in [4.78, 5) is 4.02. The fourth-order valence-corrected chi connectivity index (χ4v) is 0.980. The van der Waals surface area contributed by atoms with E-state index in [4.69, 9.17) is 10.2 Å². The van der Waals surface area contributed by atoms with Crippen LogP contribution >= 0.6 is 17.0 Å². The molecule has 1 rings (SSSR count). The molecule has 0 fully saturated rings. The summed E-state index contributed by atoms with van der Waals surface area (Å²) >= 11 is 0. The quantitative estimate of drug-likeness (QED) is 0.774. The van der Waals surface area contributed by atoms with Gasteiger partial charge < -0.3 is 14.8 Å². The van der Waals surface area contributed by atoms with Gasteiger partial charge in [0.15, 0.2) is 0 Å². The highest BCUT2D eigenvalue weighted by Crippen LogP contribution is 1.97. The van der Waals surface area contributed by atoms with E-state index in [2.05, 4.69) is 4.98 Å². The third kappa shape index (κ3) is 2.92. The molecule has 0 saturated carbocycles. The van der Waals surface area contributed by atoms with Gasteiger partial charge in [-0.05, 0) is 0 Å². The minimum atomic E-state index is 0. The Morgan fingerprint density at radius 2 is 2.08 bits per heavy atom. The molecular formula is C7H13BrN2O2. The van der Waals surface area contributed by atoms with Crippen LogP contribution in [0.15, 0.2) is 12.4 Å². The number of aliphatic hydroxyl groups excluding tert-OH is 2. The first-order valence-electron chi connectivity index (χ1n) is 3.60. The highest BCUT2D eigenvalue weighted by atomic mass is 79.9. The Hall–Kier alpha value is -0.390. The van der Waals surface area contributed by atoms with Crippen LogP contribution in [0.3, 0.4) is 0 Å². The number of hydrogen-bond acceptors (Lipinski definition) is 3. The van der Waals surface area contributed by atoms with Crippen molar-refractivity contribution < 1.29 is 10.2 Å². The van der Waals surface area contributed by atoms with Crippen molar-refractivity contribution in [2.24, 2.45) is 0 Å². The largest absolute Gasteiger partial charge is 0.396 e.